The second kappa shape index (κ2) is 49.9. The average Bonchev–Trinajstić information content (AvgIpc) is 1.02. The van der Waals surface area contributed by atoms with E-state index >= 15 is 0 Å². The predicted molar refractivity (Wildman–Crippen MR) is 318 cm³/mol. The number of hydrogen-bond donors (Lipinski definition) is 9. The number of aromatic carboxylic acids is 3. The van der Waals surface area contributed by atoms with Crippen molar-refractivity contribution < 1.29 is 157 Å². The molecule has 0 spiro atoms. The van der Waals surface area contributed by atoms with E-state index in [-0.39, 0.29) is 167 Å². The molecule has 0 aromatic heterocycles. The van der Waals surface area contributed by atoms with E-state index in [4.69, 9.17) is 87.3 Å². The van der Waals surface area contributed by atoms with Gasteiger partial charge in [-0.15, -0.1) is 23.2 Å². The topological polar surface area (TPSA) is 457 Å². The van der Waals surface area contributed by atoms with Crippen LogP contribution >= 0.6 is 23.2 Å². The van der Waals surface area contributed by atoms with Crippen molar-refractivity contribution in [1.82, 2.24) is 16.4 Å². The fourth-order valence-corrected chi connectivity index (χ4v) is 6.21. The molecular formula is C59H70Cl2N3NaO26. The zero-order valence-electron chi connectivity index (χ0n) is 49.8. The van der Waals surface area contributed by atoms with Crippen LogP contribution in [0, 0.1) is 0 Å². The van der Waals surface area contributed by atoms with E-state index in [2.05, 4.69) is 5.48 Å². The van der Waals surface area contributed by atoms with Crippen molar-refractivity contribution in [3.63, 3.8) is 0 Å². The zero-order chi connectivity index (χ0) is 66.9. The number of rotatable bonds is 21. The van der Waals surface area contributed by atoms with E-state index < -0.39 is 71.4 Å². The molecule has 492 valence electrons. The predicted octanol–water partition coefficient (Wildman–Crippen LogP) is 4.88. The van der Waals surface area contributed by atoms with Gasteiger partial charge in [-0.05, 0) is 127 Å². The van der Waals surface area contributed by atoms with Gasteiger partial charge in [0.15, 0.2) is 0 Å². The molecule has 32 heteroatoms. The van der Waals surface area contributed by atoms with Crippen molar-refractivity contribution in [3.05, 3.63) is 175 Å². The Morgan fingerprint density at radius 3 is 0.802 bits per heavy atom. The largest absolute Gasteiger partial charge is 1.00 e. The van der Waals surface area contributed by atoms with E-state index in [1.807, 2.05) is 30.3 Å². The van der Waals surface area contributed by atoms with Crippen LogP contribution in [-0.4, -0.2) is 159 Å². The molecule has 0 atom stereocenters. The Balaban J connectivity index is -0.000000540. The van der Waals surface area contributed by atoms with Crippen LogP contribution in [0.5, 0.6) is 0 Å². The molecular weight excluding hydrogens is 1260 g/mol. The van der Waals surface area contributed by atoms with Crippen LogP contribution in [0.15, 0.2) is 103 Å². The molecule has 0 aliphatic carbocycles. The molecule has 0 heterocycles. The Hall–Kier alpha value is -8.88. The summed E-state index contributed by atoms with van der Waals surface area (Å²) in [6, 6.07) is 23.4. The number of benzene rings is 5. The van der Waals surface area contributed by atoms with Crippen molar-refractivity contribution in [2.24, 2.45) is 0 Å². The maximum atomic E-state index is 12.4. The first-order valence-corrected chi connectivity index (χ1v) is 26.8. The number of aliphatic hydroxyl groups is 1. The van der Waals surface area contributed by atoms with Crippen LogP contribution in [0.1, 0.15) is 186 Å². The van der Waals surface area contributed by atoms with E-state index in [0.717, 1.165) is 35.9 Å². The average molecular weight is 1330 g/mol. The first-order chi connectivity index (χ1) is 41.8. The minimum Gasteiger partial charge on any atom is -0.870 e. The van der Waals surface area contributed by atoms with E-state index in [9.17, 15) is 57.5 Å². The van der Waals surface area contributed by atoms with E-state index in [1.54, 1.807) is 48.5 Å². The van der Waals surface area contributed by atoms with E-state index in [0.29, 0.717) is 0 Å². The number of carbonyl (C=O) groups is 12. The number of carboxylic acid groups (broad SMARTS) is 3. The van der Waals surface area contributed by atoms with Crippen LogP contribution < -0.4 is 46.0 Å². The molecule has 5 aromatic rings. The number of halogens is 2. The molecule has 0 radical (unpaired) electrons. The first-order valence-electron chi connectivity index (χ1n) is 25.8. The van der Waals surface area contributed by atoms with Gasteiger partial charge in [0.05, 0.1) is 102 Å². The van der Waals surface area contributed by atoms with Gasteiger partial charge in [0.1, 0.15) is 0 Å². The maximum absolute atomic E-state index is 12.4. The number of nitrogens with one attached hydrogen (secondary N) is 3. The Morgan fingerprint density at radius 2 is 0.582 bits per heavy atom. The summed E-state index contributed by atoms with van der Waals surface area (Å²) in [5, 5.41) is 51.1. The van der Waals surface area contributed by atoms with Crippen molar-refractivity contribution >= 4 is 94.6 Å². The summed E-state index contributed by atoms with van der Waals surface area (Å²) in [7, 11) is 0. The SMILES string of the molecule is C.CCO.CCOC(=O)c1cc(C(=O)NO)cc(C(=O)OCC)c1.CCOC(=O)c1cc(C(=O)NOCc2ccccc2)cc(C(=O)OCC)c1.CCOC(=O)c1cc(C(=O)O)cc(C(=O)OCC)c1.ClCCl.O=C(O)c1cc(C(=O)O)cc(C(=O)NO)c1.[Na+].[OH-]. The van der Waals surface area contributed by atoms with Crippen molar-refractivity contribution in [3.8, 4) is 0 Å². The van der Waals surface area contributed by atoms with Gasteiger partial charge < -0.3 is 54.3 Å². The summed E-state index contributed by atoms with van der Waals surface area (Å²) in [6.07, 6.45) is 0. The number of aliphatic hydroxyl groups excluding tert-OH is 1. The maximum Gasteiger partial charge on any atom is 1.00 e. The van der Waals surface area contributed by atoms with Crippen LogP contribution in [0.2, 0.25) is 0 Å². The minimum atomic E-state index is -1.37. The van der Waals surface area contributed by atoms with E-state index in [1.165, 1.54) is 53.4 Å². The molecule has 29 nitrogen and oxygen atoms in total. The van der Waals surface area contributed by atoms with Crippen LogP contribution in [-0.2, 0) is 39.9 Å². The van der Waals surface area contributed by atoms with Gasteiger partial charge in [0, 0.05) is 23.3 Å². The molecule has 0 aliphatic rings. The quantitative estimate of drug-likeness (QED) is 0.0118. The molecule has 5 aromatic carbocycles. The molecule has 0 fully saturated rings. The number of amides is 3. The summed E-state index contributed by atoms with van der Waals surface area (Å²) in [6.45, 7) is 12.9. The second-order valence-electron chi connectivity index (χ2n) is 15.9. The van der Waals surface area contributed by atoms with Crippen LogP contribution in [0.3, 0.4) is 0 Å². The first kappa shape index (κ1) is 88.5. The summed E-state index contributed by atoms with van der Waals surface area (Å²) in [5.74, 6) is -10.4. The molecule has 0 saturated carbocycles. The number of hydrogen-bond acceptors (Lipinski definition) is 23. The van der Waals surface area contributed by atoms with Crippen LogP contribution in [0.4, 0.5) is 0 Å². The molecule has 0 aliphatic heterocycles. The van der Waals surface area contributed by atoms with Gasteiger partial charge in [-0.3, -0.25) is 29.6 Å². The molecule has 5 rings (SSSR count). The number of ether oxygens (including phenoxy) is 6. The van der Waals surface area contributed by atoms with Crippen molar-refractivity contribution in [1.29, 1.82) is 0 Å². The van der Waals surface area contributed by atoms with Crippen molar-refractivity contribution in [2.75, 3.05) is 51.6 Å². The number of alkyl halides is 2. The molecule has 10 N–H and O–H groups in total. The molecule has 3 amide bonds. The molecule has 0 saturated heterocycles. The standard InChI is InChI=1S/C20H21NO6.C13H15NO6.C13H14O6.C9H7NO6.C2H6O.CH2Cl2.CH4.Na.H2O/c1-3-25-19(23)16-10-15(11-17(12-16)20(24)26-4-2)18(22)21-27-13-14-8-6-5-7-9-14;1-3-19-12(16)9-5-8(11(15)14-18)6-10(7-9)13(17)20-4-2;1-3-18-12(16)9-5-8(11(14)15)6-10(7-9)13(17)19-4-2;11-7(10-16)4-1-5(8(12)13)3-6(2-4)9(14)15;1-2-3;2-1-3;;;/h5-12H,3-4,13H2,1-2H3,(H,21,22);5-7,18H,3-4H2,1-2H3,(H,14,15);5-7H,3-4H2,1-2H3,(H,14,15);1-3,16H,(H,10,11)(H,12,13)(H,14,15);3H,2H2,1H3;1H2;1H4;;1H2/q;;;;;;;+1;/p-1. The van der Waals surface area contributed by atoms with Crippen molar-refractivity contribution in [2.45, 2.75) is 62.5 Å². The summed E-state index contributed by atoms with van der Waals surface area (Å²) in [4.78, 5) is 143. The fourth-order valence-electron chi connectivity index (χ4n) is 6.21. The van der Waals surface area contributed by atoms with Gasteiger partial charge in [0.25, 0.3) is 17.7 Å². The number of carbonyl (C=O) groups excluding carboxylic acids is 9. The normalized spacial score (nSPS) is 9.27. The number of esters is 6. The Kier molecular flexibility index (Phi) is 48.6. The molecule has 91 heavy (non-hydrogen) atoms. The van der Waals surface area contributed by atoms with Crippen LogP contribution in [0.25, 0.3) is 0 Å². The summed E-state index contributed by atoms with van der Waals surface area (Å²) < 4.78 is 29.0. The van der Waals surface area contributed by atoms with Gasteiger partial charge in [0.2, 0.25) is 0 Å². The van der Waals surface area contributed by atoms with Gasteiger partial charge in [-0.25, -0.2) is 59.6 Å². The third-order valence-electron chi connectivity index (χ3n) is 9.78. The number of carboxylic acids is 3. The monoisotopic (exact) mass is 1330 g/mol. The third-order valence-corrected chi connectivity index (χ3v) is 9.78. The summed E-state index contributed by atoms with van der Waals surface area (Å²) >= 11 is 9.53. The van der Waals surface area contributed by atoms with Gasteiger partial charge in [-0.2, -0.15) is 0 Å². The summed E-state index contributed by atoms with van der Waals surface area (Å²) in [5.41, 5.74) is 5.02. The van der Waals surface area contributed by atoms with Gasteiger partial charge in [-0.1, -0.05) is 37.8 Å². The Labute approximate surface area is 554 Å². The zero-order valence-corrected chi connectivity index (χ0v) is 53.3. The minimum absolute atomic E-state index is 0. The molecule has 0 unspecified atom stereocenters. The Bertz CT molecular complexity index is 3040. The second-order valence-corrected chi connectivity index (χ2v) is 16.7. The van der Waals surface area contributed by atoms with Gasteiger partial charge >= 0.3 is 83.3 Å². The Morgan fingerprint density at radius 1 is 0.385 bits per heavy atom. The number of hydroxylamine groups is 3. The smallest absolute Gasteiger partial charge is 0.870 e. The molecule has 0 bridgehead atoms. The third kappa shape index (κ3) is 33.5. The fraction of sp³-hybridized carbons (Fsp3) is 0.288.